The van der Waals surface area contributed by atoms with E-state index in [2.05, 4.69) is 26.6 Å². The van der Waals surface area contributed by atoms with Crippen LogP contribution in [0, 0.1) is 5.82 Å². The van der Waals surface area contributed by atoms with Crippen molar-refractivity contribution >= 4 is 33.4 Å². The normalized spacial score (nSPS) is 10.5. The Kier molecular flexibility index (Phi) is 5.50. The molecule has 0 aliphatic carbocycles. The van der Waals surface area contributed by atoms with Crippen LogP contribution < -0.4 is 10.6 Å². The Labute approximate surface area is 142 Å². The van der Waals surface area contributed by atoms with Gasteiger partial charge in [-0.2, -0.15) is 0 Å². The minimum absolute atomic E-state index is 0.0227. The quantitative estimate of drug-likeness (QED) is 0.845. The molecule has 0 bridgehead atoms. The van der Waals surface area contributed by atoms with Gasteiger partial charge < -0.3 is 10.6 Å². The van der Waals surface area contributed by atoms with Gasteiger partial charge in [0.2, 0.25) is 0 Å². The molecule has 0 heterocycles. The van der Waals surface area contributed by atoms with Crippen molar-refractivity contribution in [2.75, 3.05) is 5.32 Å². The van der Waals surface area contributed by atoms with E-state index in [0.29, 0.717) is 15.7 Å². The van der Waals surface area contributed by atoms with Gasteiger partial charge in [-0.25, -0.2) is 4.39 Å². The van der Waals surface area contributed by atoms with Crippen LogP contribution in [-0.4, -0.2) is 17.9 Å². The van der Waals surface area contributed by atoms with E-state index in [1.165, 1.54) is 12.1 Å². The fraction of sp³-hybridized carbons (Fsp3) is 0.176. The van der Waals surface area contributed by atoms with Crippen molar-refractivity contribution < 1.29 is 14.0 Å². The number of carbonyl (C=O) groups excluding carboxylic acids is 2. The van der Waals surface area contributed by atoms with Gasteiger partial charge in [0.1, 0.15) is 5.82 Å². The van der Waals surface area contributed by atoms with Gasteiger partial charge in [0.25, 0.3) is 11.8 Å². The largest absolute Gasteiger partial charge is 0.350 e. The van der Waals surface area contributed by atoms with Crippen LogP contribution in [0.5, 0.6) is 0 Å². The zero-order chi connectivity index (χ0) is 17.0. The van der Waals surface area contributed by atoms with Gasteiger partial charge in [0.05, 0.1) is 11.3 Å². The Morgan fingerprint density at radius 1 is 1.09 bits per heavy atom. The molecule has 0 aliphatic heterocycles. The minimum Gasteiger partial charge on any atom is -0.350 e. The molecule has 0 aliphatic rings. The van der Waals surface area contributed by atoms with Crippen molar-refractivity contribution in [3.05, 3.63) is 63.9 Å². The van der Waals surface area contributed by atoms with E-state index in [1.807, 2.05) is 13.8 Å². The molecule has 0 fully saturated rings. The fourth-order valence-corrected chi connectivity index (χ4v) is 2.47. The SMILES string of the molecule is CC(C)NC(=O)c1ccccc1NC(=O)c1cc(F)cc(Br)c1. The van der Waals surface area contributed by atoms with Crippen LogP contribution in [0.1, 0.15) is 34.6 Å². The maximum absolute atomic E-state index is 13.4. The van der Waals surface area contributed by atoms with Crippen molar-refractivity contribution in [3.63, 3.8) is 0 Å². The molecule has 120 valence electrons. The Balaban J connectivity index is 2.26. The Bertz CT molecular complexity index is 727. The standard InChI is InChI=1S/C17H16BrFN2O2/c1-10(2)20-17(23)14-5-3-4-6-15(14)21-16(22)11-7-12(18)9-13(19)8-11/h3-10H,1-2H3,(H,20,23)(H,21,22). The van der Waals surface area contributed by atoms with Crippen LogP contribution >= 0.6 is 15.9 Å². The third-order valence-corrected chi connectivity index (χ3v) is 3.42. The highest BCUT2D eigenvalue weighted by Gasteiger charge is 2.15. The maximum Gasteiger partial charge on any atom is 0.255 e. The third-order valence-electron chi connectivity index (χ3n) is 2.96. The molecule has 2 aromatic carbocycles. The van der Waals surface area contributed by atoms with Crippen LogP contribution in [0.3, 0.4) is 0 Å². The second kappa shape index (κ2) is 7.37. The van der Waals surface area contributed by atoms with Gasteiger partial charge in [0, 0.05) is 16.1 Å². The molecule has 2 aromatic rings. The number of benzene rings is 2. The number of nitrogens with one attached hydrogen (secondary N) is 2. The maximum atomic E-state index is 13.4. The highest BCUT2D eigenvalue weighted by Crippen LogP contribution is 2.19. The molecule has 0 saturated heterocycles. The van der Waals surface area contributed by atoms with Gasteiger partial charge in [-0.1, -0.05) is 28.1 Å². The molecule has 0 atom stereocenters. The summed E-state index contributed by atoms with van der Waals surface area (Å²) in [6, 6.07) is 10.6. The van der Waals surface area contributed by atoms with Crippen LogP contribution in [-0.2, 0) is 0 Å². The summed E-state index contributed by atoms with van der Waals surface area (Å²) in [6.45, 7) is 3.70. The summed E-state index contributed by atoms with van der Waals surface area (Å²) in [4.78, 5) is 24.5. The van der Waals surface area contributed by atoms with E-state index in [9.17, 15) is 14.0 Å². The molecule has 2 rings (SSSR count). The van der Waals surface area contributed by atoms with Crippen LogP contribution in [0.15, 0.2) is 46.9 Å². The lowest BCUT2D eigenvalue weighted by Gasteiger charge is -2.13. The van der Waals surface area contributed by atoms with Gasteiger partial charge >= 0.3 is 0 Å². The average molecular weight is 379 g/mol. The van der Waals surface area contributed by atoms with Crippen LogP contribution in [0.4, 0.5) is 10.1 Å². The van der Waals surface area contributed by atoms with Crippen molar-refractivity contribution in [2.45, 2.75) is 19.9 Å². The van der Waals surface area contributed by atoms with E-state index < -0.39 is 11.7 Å². The van der Waals surface area contributed by atoms with Crippen molar-refractivity contribution in [2.24, 2.45) is 0 Å². The number of hydrogen-bond donors (Lipinski definition) is 2. The van der Waals surface area contributed by atoms with Crippen molar-refractivity contribution in [3.8, 4) is 0 Å². The molecule has 23 heavy (non-hydrogen) atoms. The average Bonchev–Trinajstić information content (AvgIpc) is 2.46. The Morgan fingerprint density at radius 2 is 1.78 bits per heavy atom. The summed E-state index contributed by atoms with van der Waals surface area (Å²) in [7, 11) is 0. The summed E-state index contributed by atoms with van der Waals surface area (Å²) in [5.74, 6) is -1.29. The van der Waals surface area contributed by atoms with Crippen molar-refractivity contribution in [1.82, 2.24) is 5.32 Å². The number of halogens is 2. The van der Waals surface area contributed by atoms with Gasteiger partial charge in [-0.05, 0) is 44.2 Å². The molecular weight excluding hydrogens is 363 g/mol. The number of anilines is 1. The van der Waals surface area contributed by atoms with Crippen molar-refractivity contribution in [1.29, 1.82) is 0 Å². The summed E-state index contributed by atoms with van der Waals surface area (Å²) >= 11 is 3.15. The molecule has 6 heteroatoms. The Morgan fingerprint density at radius 3 is 2.43 bits per heavy atom. The number of hydrogen-bond acceptors (Lipinski definition) is 2. The number of carbonyl (C=O) groups is 2. The van der Waals surface area contributed by atoms with Gasteiger partial charge in [0.15, 0.2) is 0 Å². The number of rotatable bonds is 4. The highest BCUT2D eigenvalue weighted by atomic mass is 79.9. The van der Waals surface area contributed by atoms with E-state index in [1.54, 1.807) is 24.3 Å². The van der Waals surface area contributed by atoms with Gasteiger partial charge in [-0.15, -0.1) is 0 Å². The molecule has 0 spiro atoms. The zero-order valence-electron chi connectivity index (χ0n) is 12.7. The second-order valence-electron chi connectivity index (χ2n) is 5.29. The van der Waals surface area contributed by atoms with Crippen LogP contribution in [0.25, 0.3) is 0 Å². The first-order valence-corrected chi connectivity index (χ1v) is 7.83. The smallest absolute Gasteiger partial charge is 0.255 e. The lowest BCUT2D eigenvalue weighted by Crippen LogP contribution is -2.31. The first-order valence-electron chi connectivity index (χ1n) is 7.04. The first kappa shape index (κ1) is 17.1. The van der Waals surface area contributed by atoms with Crippen LogP contribution in [0.2, 0.25) is 0 Å². The van der Waals surface area contributed by atoms with E-state index >= 15 is 0 Å². The predicted molar refractivity (Wildman–Crippen MR) is 91.1 cm³/mol. The second-order valence-corrected chi connectivity index (χ2v) is 6.20. The zero-order valence-corrected chi connectivity index (χ0v) is 14.3. The number of para-hydroxylation sites is 1. The molecule has 0 unspecified atom stereocenters. The first-order chi connectivity index (χ1) is 10.9. The monoisotopic (exact) mass is 378 g/mol. The summed E-state index contributed by atoms with van der Waals surface area (Å²) in [5.41, 5.74) is 0.886. The van der Waals surface area contributed by atoms with Gasteiger partial charge in [-0.3, -0.25) is 9.59 Å². The molecular formula is C17H16BrFN2O2. The highest BCUT2D eigenvalue weighted by molar-refractivity contribution is 9.10. The number of amides is 2. The Hall–Kier alpha value is -2.21. The topological polar surface area (TPSA) is 58.2 Å². The molecule has 0 radical (unpaired) electrons. The lowest BCUT2D eigenvalue weighted by molar-refractivity contribution is 0.0944. The summed E-state index contributed by atoms with van der Waals surface area (Å²) in [6.07, 6.45) is 0. The molecule has 4 nitrogen and oxygen atoms in total. The van der Waals surface area contributed by atoms with E-state index in [-0.39, 0.29) is 17.5 Å². The molecule has 0 aromatic heterocycles. The summed E-state index contributed by atoms with van der Waals surface area (Å²) in [5, 5.41) is 5.42. The predicted octanol–water partition coefficient (Wildman–Crippen LogP) is 3.98. The molecule has 2 amide bonds. The minimum atomic E-state index is -0.518. The fourth-order valence-electron chi connectivity index (χ4n) is 2.01. The lowest BCUT2D eigenvalue weighted by atomic mass is 10.1. The molecule has 2 N–H and O–H groups in total. The van der Waals surface area contributed by atoms with E-state index in [0.717, 1.165) is 6.07 Å². The summed E-state index contributed by atoms with van der Waals surface area (Å²) < 4.78 is 13.9. The van der Waals surface area contributed by atoms with E-state index in [4.69, 9.17) is 0 Å². The third kappa shape index (κ3) is 4.63. The molecule has 0 saturated carbocycles.